The van der Waals surface area contributed by atoms with Crippen molar-refractivity contribution in [1.82, 2.24) is 10.3 Å². The molecule has 0 aromatic carbocycles. The molecule has 4 heteroatoms. The average Bonchev–Trinajstić information content (AvgIpc) is 2.46. The fourth-order valence-electron chi connectivity index (χ4n) is 2.15. The maximum Gasteiger partial charge on any atom is 0.272 e. The SMILES string of the molecule is CCCCCCCCCCNC(=O)c1ncccc1N. The minimum absolute atomic E-state index is 0.175. The molecule has 112 valence electrons. The van der Waals surface area contributed by atoms with E-state index in [-0.39, 0.29) is 5.91 Å². The van der Waals surface area contributed by atoms with E-state index in [9.17, 15) is 4.79 Å². The molecule has 0 unspecified atom stereocenters. The summed E-state index contributed by atoms with van der Waals surface area (Å²) in [5.41, 5.74) is 6.47. The van der Waals surface area contributed by atoms with Crippen molar-refractivity contribution >= 4 is 11.6 Å². The molecule has 0 radical (unpaired) electrons. The molecule has 3 N–H and O–H groups in total. The summed E-state index contributed by atoms with van der Waals surface area (Å²) < 4.78 is 0. The lowest BCUT2D eigenvalue weighted by molar-refractivity contribution is 0.0949. The van der Waals surface area contributed by atoms with Crippen LogP contribution in [-0.2, 0) is 0 Å². The summed E-state index contributed by atoms with van der Waals surface area (Å²) in [6.07, 6.45) is 11.7. The zero-order chi connectivity index (χ0) is 14.6. The summed E-state index contributed by atoms with van der Waals surface area (Å²) in [5.74, 6) is -0.175. The van der Waals surface area contributed by atoms with Crippen molar-refractivity contribution in [3.63, 3.8) is 0 Å². The van der Waals surface area contributed by atoms with Crippen LogP contribution in [0.3, 0.4) is 0 Å². The standard InChI is InChI=1S/C16H27N3O/c1-2-3-4-5-6-7-8-9-12-19-16(20)15-14(17)11-10-13-18-15/h10-11,13H,2-9,12,17H2,1H3,(H,19,20). The lowest BCUT2D eigenvalue weighted by atomic mass is 10.1. The minimum Gasteiger partial charge on any atom is -0.397 e. The number of nitrogens with two attached hydrogens (primary N) is 1. The fraction of sp³-hybridized carbons (Fsp3) is 0.625. The van der Waals surface area contributed by atoms with Gasteiger partial charge in [-0.05, 0) is 18.6 Å². The molecule has 1 amide bonds. The van der Waals surface area contributed by atoms with Crippen LogP contribution in [0.15, 0.2) is 18.3 Å². The second kappa shape index (κ2) is 10.2. The molecule has 4 nitrogen and oxygen atoms in total. The number of aromatic nitrogens is 1. The topological polar surface area (TPSA) is 68.0 Å². The average molecular weight is 277 g/mol. The van der Waals surface area contributed by atoms with E-state index in [1.807, 2.05) is 0 Å². The van der Waals surface area contributed by atoms with Gasteiger partial charge in [-0.2, -0.15) is 0 Å². The van der Waals surface area contributed by atoms with E-state index < -0.39 is 0 Å². The van der Waals surface area contributed by atoms with Gasteiger partial charge in [0.05, 0.1) is 5.69 Å². The van der Waals surface area contributed by atoms with Gasteiger partial charge in [0.1, 0.15) is 0 Å². The number of hydrogen-bond acceptors (Lipinski definition) is 3. The Balaban J connectivity index is 2.04. The van der Waals surface area contributed by atoms with E-state index in [0.29, 0.717) is 17.9 Å². The van der Waals surface area contributed by atoms with Crippen molar-refractivity contribution in [2.75, 3.05) is 12.3 Å². The van der Waals surface area contributed by atoms with Crippen LogP contribution in [0.5, 0.6) is 0 Å². The first kappa shape index (κ1) is 16.5. The molecule has 0 saturated heterocycles. The molecule has 0 saturated carbocycles. The molecule has 20 heavy (non-hydrogen) atoms. The van der Waals surface area contributed by atoms with Crippen molar-refractivity contribution < 1.29 is 4.79 Å². The summed E-state index contributed by atoms with van der Waals surface area (Å²) >= 11 is 0. The van der Waals surface area contributed by atoms with Crippen LogP contribution < -0.4 is 11.1 Å². The highest BCUT2D eigenvalue weighted by molar-refractivity contribution is 5.96. The fourth-order valence-corrected chi connectivity index (χ4v) is 2.15. The lowest BCUT2D eigenvalue weighted by Gasteiger charge is -2.06. The molecule has 0 spiro atoms. The van der Waals surface area contributed by atoms with Crippen LogP contribution in [0.1, 0.15) is 68.8 Å². The van der Waals surface area contributed by atoms with Crippen molar-refractivity contribution in [3.8, 4) is 0 Å². The van der Waals surface area contributed by atoms with Gasteiger partial charge in [-0.3, -0.25) is 4.79 Å². The quantitative estimate of drug-likeness (QED) is 0.643. The zero-order valence-electron chi connectivity index (χ0n) is 12.5. The maximum atomic E-state index is 11.8. The third kappa shape index (κ3) is 6.55. The Kier molecular flexibility index (Phi) is 8.43. The summed E-state index contributed by atoms with van der Waals surface area (Å²) in [4.78, 5) is 15.8. The molecule has 0 aliphatic rings. The van der Waals surface area contributed by atoms with Crippen molar-refractivity contribution in [2.24, 2.45) is 0 Å². The number of hydrogen-bond donors (Lipinski definition) is 2. The normalized spacial score (nSPS) is 10.4. The first-order chi connectivity index (χ1) is 9.75. The van der Waals surface area contributed by atoms with Gasteiger partial charge in [-0.25, -0.2) is 4.98 Å². The van der Waals surface area contributed by atoms with E-state index >= 15 is 0 Å². The summed E-state index contributed by atoms with van der Waals surface area (Å²) in [7, 11) is 0. The zero-order valence-corrected chi connectivity index (χ0v) is 12.5. The number of nitrogen functional groups attached to an aromatic ring is 1. The van der Waals surface area contributed by atoms with Gasteiger partial charge in [-0.15, -0.1) is 0 Å². The smallest absolute Gasteiger partial charge is 0.272 e. The number of amides is 1. The molecule has 1 rings (SSSR count). The van der Waals surface area contributed by atoms with Crippen molar-refractivity contribution in [2.45, 2.75) is 58.3 Å². The highest BCUT2D eigenvalue weighted by Gasteiger charge is 2.09. The number of rotatable bonds is 10. The molecule has 0 atom stereocenters. The molecule has 0 fully saturated rings. The third-order valence-corrected chi connectivity index (χ3v) is 3.37. The molecule has 0 aliphatic carbocycles. The van der Waals surface area contributed by atoms with E-state index in [0.717, 1.165) is 6.42 Å². The van der Waals surface area contributed by atoms with Gasteiger partial charge < -0.3 is 11.1 Å². The summed E-state index contributed by atoms with van der Waals surface area (Å²) in [5, 5.41) is 2.87. The highest BCUT2D eigenvalue weighted by Crippen LogP contribution is 2.09. The Bertz CT molecular complexity index is 393. The van der Waals surface area contributed by atoms with Crippen LogP contribution >= 0.6 is 0 Å². The van der Waals surface area contributed by atoms with Crippen LogP contribution in [0.2, 0.25) is 0 Å². The van der Waals surface area contributed by atoms with E-state index in [1.165, 1.54) is 44.9 Å². The molecule has 1 aromatic heterocycles. The predicted molar refractivity (Wildman–Crippen MR) is 83.6 cm³/mol. The monoisotopic (exact) mass is 277 g/mol. The third-order valence-electron chi connectivity index (χ3n) is 3.37. The summed E-state index contributed by atoms with van der Waals surface area (Å²) in [6.45, 7) is 2.93. The first-order valence-corrected chi connectivity index (χ1v) is 7.74. The molecule has 1 heterocycles. The van der Waals surface area contributed by atoms with E-state index in [4.69, 9.17) is 5.73 Å². The summed E-state index contributed by atoms with van der Waals surface area (Å²) in [6, 6.07) is 3.42. The number of unbranched alkanes of at least 4 members (excludes halogenated alkanes) is 7. The number of nitrogens with zero attached hydrogens (tertiary/aromatic N) is 1. The van der Waals surface area contributed by atoms with Gasteiger partial charge in [0.15, 0.2) is 5.69 Å². The lowest BCUT2D eigenvalue weighted by Crippen LogP contribution is -2.26. The highest BCUT2D eigenvalue weighted by atomic mass is 16.1. The second-order valence-electron chi connectivity index (χ2n) is 5.17. The number of carbonyl (C=O) groups excluding carboxylic acids is 1. The Morgan fingerprint density at radius 2 is 1.80 bits per heavy atom. The van der Waals surface area contributed by atoms with E-state index in [2.05, 4.69) is 17.2 Å². The Labute approximate surface area is 122 Å². The maximum absolute atomic E-state index is 11.8. The van der Waals surface area contributed by atoms with Gasteiger partial charge in [-0.1, -0.05) is 51.9 Å². The van der Waals surface area contributed by atoms with E-state index in [1.54, 1.807) is 18.3 Å². The van der Waals surface area contributed by atoms with Crippen LogP contribution in [0, 0.1) is 0 Å². The number of pyridine rings is 1. The number of anilines is 1. The first-order valence-electron chi connectivity index (χ1n) is 7.74. The second-order valence-corrected chi connectivity index (χ2v) is 5.17. The van der Waals surface area contributed by atoms with Gasteiger partial charge in [0.25, 0.3) is 5.91 Å². The molecule has 1 aromatic rings. The predicted octanol–water partition coefficient (Wildman–Crippen LogP) is 3.53. The van der Waals surface area contributed by atoms with Gasteiger partial charge >= 0.3 is 0 Å². The van der Waals surface area contributed by atoms with Crippen molar-refractivity contribution in [1.29, 1.82) is 0 Å². The molecular weight excluding hydrogens is 250 g/mol. The molecular formula is C16H27N3O. The Morgan fingerprint density at radius 1 is 1.15 bits per heavy atom. The largest absolute Gasteiger partial charge is 0.397 e. The Morgan fingerprint density at radius 3 is 2.45 bits per heavy atom. The van der Waals surface area contributed by atoms with Gasteiger partial charge in [0, 0.05) is 12.7 Å². The Hall–Kier alpha value is -1.58. The van der Waals surface area contributed by atoms with Gasteiger partial charge in [0.2, 0.25) is 0 Å². The van der Waals surface area contributed by atoms with Crippen molar-refractivity contribution in [3.05, 3.63) is 24.0 Å². The van der Waals surface area contributed by atoms with Crippen LogP contribution in [-0.4, -0.2) is 17.4 Å². The van der Waals surface area contributed by atoms with Crippen LogP contribution in [0.4, 0.5) is 5.69 Å². The minimum atomic E-state index is -0.175. The van der Waals surface area contributed by atoms with Crippen LogP contribution in [0.25, 0.3) is 0 Å². The molecule has 0 bridgehead atoms. The molecule has 0 aliphatic heterocycles. The number of nitrogens with one attached hydrogen (secondary N) is 1. The number of carbonyl (C=O) groups is 1.